The molecule has 2 N–H and O–H groups in total. The van der Waals surface area contributed by atoms with Crippen LogP contribution in [0.15, 0.2) is 24.3 Å². The maximum absolute atomic E-state index is 12.9. The van der Waals surface area contributed by atoms with Crippen molar-refractivity contribution < 1.29 is 19.1 Å². The molecule has 5 heteroatoms. The number of amides is 1. The molecule has 2 aliphatic rings. The topological polar surface area (TPSA) is 66.4 Å². The fourth-order valence-corrected chi connectivity index (χ4v) is 3.60. The van der Waals surface area contributed by atoms with E-state index in [1.54, 1.807) is 12.1 Å². The molecule has 3 rings (SSSR count). The highest BCUT2D eigenvalue weighted by atomic mass is 19.1. The van der Waals surface area contributed by atoms with Crippen LogP contribution in [0.2, 0.25) is 0 Å². The first-order chi connectivity index (χ1) is 10.5. The van der Waals surface area contributed by atoms with E-state index >= 15 is 0 Å². The van der Waals surface area contributed by atoms with E-state index in [-0.39, 0.29) is 30.0 Å². The average molecular weight is 305 g/mol. The van der Waals surface area contributed by atoms with Crippen LogP contribution in [-0.2, 0) is 9.59 Å². The first-order valence-corrected chi connectivity index (χ1v) is 7.78. The van der Waals surface area contributed by atoms with Crippen molar-refractivity contribution in [3.63, 3.8) is 0 Å². The van der Waals surface area contributed by atoms with Crippen LogP contribution in [0.1, 0.15) is 50.0 Å². The number of carbonyl (C=O) groups excluding carboxylic acids is 1. The predicted molar refractivity (Wildman–Crippen MR) is 78.8 cm³/mol. The highest BCUT2D eigenvalue weighted by Crippen LogP contribution is 2.48. The minimum Gasteiger partial charge on any atom is -0.481 e. The fraction of sp³-hybridized carbons (Fsp3) is 0.529. The Bertz CT molecular complexity index is 578. The smallest absolute Gasteiger partial charge is 0.305 e. The van der Waals surface area contributed by atoms with Crippen LogP contribution >= 0.6 is 0 Å². The van der Waals surface area contributed by atoms with Gasteiger partial charge < -0.3 is 10.4 Å². The van der Waals surface area contributed by atoms with Gasteiger partial charge in [0.1, 0.15) is 5.82 Å². The van der Waals surface area contributed by atoms with Crippen molar-refractivity contribution in [1.82, 2.24) is 5.32 Å². The number of hydrogen-bond donors (Lipinski definition) is 2. The number of carboxylic acids is 1. The monoisotopic (exact) mass is 305 g/mol. The van der Waals surface area contributed by atoms with E-state index in [0.717, 1.165) is 37.7 Å². The molecule has 0 aliphatic heterocycles. The standard InChI is InChI=1S/C17H20FNO3/c18-12-5-3-11(4-6-12)13-9-14(13)16(22)19-17(10-15(20)21)7-1-2-8-17/h3-6,13-14H,1-2,7-10H2,(H,19,22)(H,20,21). The Hall–Kier alpha value is -1.91. The van der Waals surface area contributed by atoms with Crippen LogP contribution < -0.4 is 5.32 Å². The normalized spacial score (nSPS) is 25.7. The zero-order chi connectivity index (χ0) is 15.7. The molecule has 2 saturated carbocycles. The van der Waals surface area contributed by atoms with Crippen molar-refractivity contribution in [3.8, 4) is 0 Å². The highest BCUT2D eigenvalue weighted by Gasteiger charge is 2.47. The van der Waals surface area contributed by atoms with E-state index in [0.29, 0.717) is 0 Å². The summed E-state index contributed by atoms with van der Waals surface area (Å²) in [6, 6.07) is 6.25. The van der Waals surface area contributed by atoms with E-state index in [2.05, 4.69) is 5.32 Å². The molecule has 22 heavy (non-hydrogen) atoms. The number of benzene rings is 1. The third kappa shape index (κ3) is 3.13. The van der Waals surface area contributed by atoms with Crippen LogP contribution in [0.4, 0.5) is 4.39 Å². The fourth-order valence-electron chi connectivity index (χ4n) is 3.60. The third-order valence-electron chi connectivity index (χ3n) is 4.86. The van der Waals surface area contributed by atoms with Gasteiger partial charge in [0.2, 0.25) is 5.91 Å². The Morgan fingerprint density at radius 1 is 1.23 bits per heavy atom. The van der Waals surface area contributed by atoms with Crippen LogP contribution in [0.25, 0.3) is 0 Å². The lowest BCUT2D eigenvalue weighted by molar-refractivity contribution is -0.139. The predicted octanol–water partition coefficient (Wildman–Crippen LogP) is 2.83. The van der Waals surface area contributed by atoms with Gasteiger partial charge in [-0.15, -0.1) is 0 Å². The first-order valence-electron chi connectivity index (χ1n) is 7.78. The molecule has 0 aromatic heterocycles. The van der Waals surface area contributed by atoms with Crippen molar-refractivity contribution in [2.45, 2.75) is 50.0 Å². The second-order valence-corrected chi connectivity index (χ2v) is 6.55. The average Bonchev–Trinajstić information content (AvgIpc) is 3.14. The summed E-state index contributed by atoms with van der Waals surface area (Å²) in [5, 5.41) is 12.1. The van der Waals surface area contributed by atoms with E-state index < -0.39 is 11.5 Å². The van der Waals surface area contributed by atoms with Crippen LogP contribution in [0.5, 0.6) is 0 Å². The molecule has 1 aromatic carbocycles. The summed E-state index contributed by atoms with van der Waals surface area (Å²) in [6.07, 6.45) is 4.13. The number of carboxylic acid groups (broad SMARTS) is 1. The molecule has 0 radical (unpaired) electrons. The van der Waals surface area contributed by atoms with Crippen molar-refractivity contribution in [2.75, 3.05) is 0 Å². The number of hydrogen-bond acceptors (Lipinski definition) is 2. The minimum absolute atomic E-state index is 0.00727. The lowest BCUT2D eigenvalue weighted by Gasteiger charge is -2.28. The van der Waals surface area contributed by atoms with E-state index in [1.165, 1.54) is 12.1 Å². The van der Waals surface area contributed by atoms with Gasteiger partial charge >= 0.3 is 5.97 Å². The summed E-state index contributed by atoms with van der Waals surface area (Å²) in [5.74, 6) is -1.19. The number of rotatable bonds is 5. The maximum atomic E-state index is 12.9. The van der Waals surface area contributed by atoms with Crippen LogP contribution in [0, 0.1) is 11.7 Å². The molecule has 4 nitrogen and oxygen atoms in total. The molecule has 118 valence electrons. The molecule has 2 aliphatic carbocycles. The Morgan fingerprint density at radius 3 is 2.45 bits per heavy atom. The molecule has 0 spiro atoms. The third-order valence-corrected chi connectivity index (χ3v) is 4.86. The molecule has 2 atom stereocenters. The SMILES string of the molecule is O=C(O)CC1(NC(=O)C2CC2c2ccc(F)cc2)CCCC1. The maximum Gasteiger partial charge on any atom is 0.305 e. The molecule has 1 aromatic rings. The number of nitrogens with one attached hydrogen (secondary N) is 1. The Kier molecular flexibility index (Phi) is 3.89. The Morgan fingerprint density at radius 2 is 1.86 bits per heavy atom. The van der Waals surface area contributed by atoms with E-state index in [1.807, 2.05) is 0 Å². The Balaban J connectivity index is 1.63. The molecule has 0 bridgehead atoms. The van der Waals surface area contributed by atoms with Gasteiger partial charge in [0.15, 0.2) is 0 Å². The Labute approximate surface area is 128 Å². The zero-order valence-electron chi connectivity index (χ0n) is 12.3. The minimum atomic E-state index is -0.868. The summed E-state index contributed by atoms with van der Waals surface area (Å²) in [7, 11) is 0. The van der Waals surface area contributed by atoms with Gasteiger partial charge in [0.25, 0.3) is 0 Å². The molecule has 1 amide bonds. The largest absolute Gasteiger partial charge is 0.481 e. The first kappa shape index (κ1) is 15.0. The van der Waals surface area contributed by atoms with E-state index in [4.69, 9.17) is 5.11 Å². The summed E-state index contributed by atoms with van der Waals surface area (Å²) in [6.45, 7) is 0. The van der Waals surface area contributed by atoms with Gasteiger partial charge in [0, 0.05) is 5.92 Å². The van der Waals surface area contributed by atoms with E-state index in [9.17, 15) is 14.0 Å². The summed E-state index contributed by atoms with van der Waals surface area (Å²) in [4.78, 5) is 23.5. The van der Waals surface area contributed by atoms with Crippen molar-refractivity contribution in [1.29, 1.82) is 0 Å². The highest BCUT2D eigenvalue weighted by molar-refractivity contribution is 5.84. The number of aliphatic carboxylic acids is 1. The number of halogens is 1. The van der Waals surface area contributed by atoms with Crippen molar-refractivity contribution in [2.24, 2.45) is 5.92 Å². The van der Waals surface area contributed by atoms with Crippen molar-refractivity contribution in [3.05, 3.63) is 35.6 Å². The molecule has 2 unspecified atom stereocenters. The molecular formula is C17H20FNO3. The van der Waals surface area contributed by atoms with Gasteiger partial charge in [0.05, 0.1) is 12.0 Å². The lowest BCUT2D eigenvalue weighted by atomic mass is 9.92. The second kappa shape index (κ2) is 5.71. The van der Waals surface area contributed by atoms with Crippen molar-refractivity contribution >= 4 is 11.9 Å². The van der Waals surface area contributed by atoms with Gasteiger partial charge in [-0.3, -0.25) is 9.59 Å². The van der Waals surface area contributed by atoms with Crippen LogP contribution in [0.3, 0.4) is 0 Å². The van der Waals surface area contributed by atoms with Gasteiger partial charge in [-0.2, -0.15) is 0 Å². The molecular weight excluding hydrogens is 285 g/mol. The van der Waals surface area contributed by atoms with Gasteiger partial charge in [-0.25, -0.2) is 4.39 Å². The summed E-state index contributed by atoms with van der Waals surface area (Å²) in [5.41, 5.74) is 0.402. The summed E-state index contributed by atoms with van der Waals surface area (Å²) >= 11 is 0. The van der Waals surface area contributed by atoms with Crippen LogP contribution in [-0.4, -0.2) is 22.5 Å². The second-order valence-electron chi connectivity index (χ2n) is 6.55. The quantitative estimate of drug-likeness (QED) is 0.879. The zero-order valence-corrected chi connectivity index (χ0v) is 12.3. The number of carbonyl (C=O) groups is 2. The molecule has 2 fully saturated rings. The van der Waals surface area contributed by atoms with Gasteiger partial charge in [-0.05, 0) is 42.9 Å². The lowest BCUT2D eigenvalue weighted by Crippen LogP contribution is -2.48. The van der Waals surface area contributed by atoms with Gasteiger partial charge in [-0.1, -0.05) is 25.0 Å². The molecule has 0 heterocycles. The molecule has 0 saturated heterocycles. The summed E-state index contributed by atoms with van der Waals surface area (Å²) < 4.78 is 12.9.